The number of amides is 1. The highest BCUT2D eigenvalue weighted by Crippen LogP contribution is 2.37. The predicted octanol–water partition coefficient (Wildman–Crippen LogP) is 4.38. The third kappa shape index (κ3) is 3.97. The molecule has 0 bridgehead atoms. The van der Waals surface area contributed by atoms with Crippen LogP contribution in [0.1, 0.15) is 60.9 Å². The van der Waals surface area contributed by atoms with Crippen molar-refractivity contribution in [2.75, 3.05) is 0 Å². The van der Waals surface area contributed by atoms with E-state index in [1.165, 1.54) is 12.1 Å². The zero-order chi connectivity index (χ0) is 21.8. The number of carbonyl (C=O) groups is 1. The second kappa shape index (κ2) is 7.36. The van der Waals surface area contributed by atoms with Gasteiger partial charge in [0.1, 0.15) is 15.2 Å². The Morgan fingerprint density at radius 2 is 1.94 bits per heavy atom. The lowest BCUT2D eigenvalue weighted by molar-refractivity contribution is 0.0831. The number of hydrogen-bond donors (Lipinski definition) is 3. The molecule has 0 radical (unpaired) electrons. The normalized spacial score (nSPS) is 25.9. The van der Waals surface area contributed by atoms with E-state index in [1.54, 1.807) is 18.2 Å². The first-order chi connectivity index (χ1) is 14.7. The number of nitrogens with one attached hydrogen (secondary N) is 2. The standard InChI is InChI=1S/C21H23ClN4O4S/c22-13-1-4-16-15(11-13)25-20(30-16)12-7-9-21(23,10-8-12)26-19(27)17-5-6-18(29-17)31(24,28)14-2-3-14/h1,4-6,11-12,14,24H,2-3,7-10,23H2,(H,26,27). The average Bonchev–Trinajstić information content (AvgIpc) is 3.32. The van der Waals surface area contributed by atoms with E-state index in [9.17, 15) is 9.00 Å². The van der Waals surface area contributed by atoms with Crippen molar-refractivity contribution in [1.82, 2.24) is 10.3 Å². The molecule has 1 unspecified atom stereocenters. The van der Waals surface area contributed by atoms with Crippen molar-refractivity contribution in [2.24, 2.45) is 5.73 Å². The maximum Gasteiger partial charge on any atom is 0.288 e. The van der Waals surface area contributed by atoms with E-state index >= 15 is 0 Å². The minimum absolute atomic E-state index is 0.0263. The molecule has 2 aliphatic rings. The van der Waals surface area contributed by atoms with Crippen molar-refractivity contribution < 1.29 is 17.8 Å². The van der Waals surface area contributed by atoms with E-state index in [2.05, 4.69) is 10.3 Å². The fourth-order valence-corrected chi connectivity index (χ4v) is 5.83. The fourth-order valence-electron chi connectivity index (χ4n) is 4.06. The molecule has 31 heavy (non-hydrogen) atoms. The van der Waals surface area contributed by atoms with Crippen molar-refractivity contribution in [1.29, 1.82) is 4.78 Å². The second-order valence-electron chi connectivity index (χ2n) is 8.47. The molecule has 10 heteroatoms. The van der Waals surface area contributed by atoms with E-state index in [0.717, 1.165) is 18.4 Å². The van der Waals surface area contributed by atoms with E-state index in [1.807, 2.05) is 0 Å². The Balaban J connectivity index is 1.24. The van der Waals surface area contributed by atoms with Gasteiger partial charge in [-0.05, 0) is 68.9 Å². The monoisotopic (exact) mass is 462 g/mol. The van der Waals surface area contributed by atoms with Gasteiger partial charge in [0, 0.05) is 10.9 Å². The van der Waals surface area contributed by atoms with Crippen molar-refractivity contribution in [2.45, 2.75) is 60.4 Å². The fraction of sp³-hybridized carbons (Fsp3) is 0.429. The van der Waals surface area contributed by atoms with Crippen LogP contribution in [0.4, 0.5) is 0 Å². The Labute approximate surface area is 184 Å². The Bertz CT molecular complexity index is 1250. The molecule has 2 aromatic heterocycles. The summed E-state index contributed by atoms with van der Waals surface area (Å²) in [5.41, 5.74) is 6.99. The minimum Gasteiger partial charge on any atom is -0.441 e. The van der Waals surface area contributed by atoms with Gasteiger partial charge in [0.25, 0.3) is 5.91 Å². The summed E-state index contributed by atoms with van der Waals surface area (Å²) in [5.74, 6) is 0.334. The average molecular weight is 463 g/mol. The van der Waals surface area contributed by atoms with Crippen molar-refractivity contribution in [3.05, 3.63) is 47.0 Å². The molecular formula is C21H23ClN4O4S. The van der Waals surface area contributed by atoms with Crippen LogP contribution < -0.4 is 11.1 Å². The summed E-state index contributed by atoms with van der Waals surface area (Å²) < 4.78 is 31.9. The van der Waals surface area contributed by atoms with Crippen LogP contribution in [0, 0.1) is 4.78 Å². The molecule has 2 fully saturated rings. The summed E-state index contributed by atoms with van der Waals surface area (Å²) in [6.07, 6.45) is 4.03. The van der Waals surface area contributed by atoms with Gasteiger partial charge in [0.15, 0.2) is 22.3 Å². The van der Waals surface area contributed by atoms with Crippen LogP contribution in [0.15, 0.2) is 44.3 Å². The molecule has 2 aliphatic carbocycles. The molecule has 1 atom stereocenters. The molecular weight excluding hydrogens is 440 g/mol. The van der Waals surface area contributed by atoms with Crippen LogP contribution >= 0.6 is 11.6 Å². The number of aromatic nitrogens is 1. The van der Waals surface area contributed by atoms with Crippen molar-refractivity contribution in [3.63, 3.8) is 0 Å². The number of hydrogen-bond acceptors (Lipinski definition) is 7. The first kappa shape index (κ1) is 20.5. The largest absolute Gasteiger partial charge is 0.441 e. The highest BCUT2D eigenvalue weighted by Gasteiger charge is 2.38. The molecule has 1 amide bonds. The van der Waals surface area contributed by atoms with Gasteiger partial charge in [-0.1, -0.05) is 11.6 Å². The van der Waals surface area contributed by atoms with E-state index in [4.69, 9.17) is 30.9 Å². The number of benzene rings is 1. The van der Waals surface area contributed by atoms with Crippen LogP contribution in [0.25, 0.3) is 11.1 Å². The molecule has 0 spiro atoms. The Kier molecular flexibility index (Phi) is 4.87. The van der Waals surface area contributed by atoms with Gasteiger partial charge < -0.3 is 19.9 Å². The predicted molar refractivity (Wildman–Crippen MR) is 115 cm³/mol. The van der Waals surface area contributed by atoms with Gasteiger partial charge in [-0.25, -0.2) is 14.0 Å². The second-order valence-corrected chi connectivity index (χ2v) is 11.2. The smallest absolute Gasteiger partial charge is 0.288 e. The van der Waals surface area contributed by atoms with Crippen LogP contribution in [-0.4, -0.2) is 26.0 Å². The number of oxazole rings is 1. The molecule has 5 rings (SSSR count). The summed E-state index contributed by atoms with van der Waals surface area (Å²) in [6.45, 7) is 0. The molecule has 2 heterocycles. The van der Waals surface area contributed by atoms with Gasteiger partial charge in [0.2, 0.25) is 0 Å². The zero-order valence-electron chi connectivity index (χ0n) is 16.7. The quantitative estimate of drug-likeness (QED) is 0.481. The first-order valence-electron chi connectivity index (χ1n) is 10.3. The molecule has 164 valence electrons. The molecule has 8 nitrogen and oxygen atoms in total. The number of furan rings is 1. The first-order valence-corrected chi connectivity index (χ1v) is 12.3. The van der Waals surface area contributed by atoms with E-state index in [-0.39, 0.29) is 22.0 Å². The highest BCUT2D eigenvalue weighted by molar-refractivity contribution is 7.93. The minimum atomic E-state index is -2.98. The van der Waals surface area contributed by atoms with Crippen LogP contribution in [0.2, 0.25) is 5.02 Å². The number of halogens is 1. The number of rotatable bonds is 5. The number of carbonyl (C=O) groups excluding carboxylic acids is 1. The van der Waals surface area contributed by atoms with Crippen molar-refractivity contribution in [3.8, 4) is 0 Å². The maximum absolute atomic E-state index is 12.7. The number of nitrogens with zero attached hydrogens (tertiary/aromatic N) is 1. The van der Waals surface area contributed by atoms with E-state index < -0.39 is 21.3 Å². The van der Waals surface area contributed by atoms with Crippen LogP contribution in [-0.2, 0) is 9.73 Å². The SMILES string of the molecule is N=S(=O)(c1ccc(C(=O)NC2(N)CCC(c3nc4cc(Cl)ccc4o3)CC2)o1)C1CC1. The molecule has 1 aromatic carbocycles. The summed E-state index contributed by atoms with van der Waals surface area (Å²) in [4.78, 5) is 17.2. The van der Waals surface area contributed by atoms with Crippen molar-refractivity contribution >= 4 is 38.3 Å². The Hall–Kier alpha value is -2.36. The van der Waals surface area contributed by atoms with Crippen LogP contribution in [0.5, 0.6) is 0 Å². The Morgan fingerprint density at radius 1 is 1.19 bits per heavy atom. The number of fused-ring (bicyclic) bond motifs is 1. The third-order valence-corrected chi connectivity index (χ3v) is 8.52. The van der Waals surface area contributed by atoms with Crippen LogP contribution in [0.3, 0.4) is 0 Å². The molecule has 0 saturated heterocycles. The highest BCUT2D eigenvalue weighted by atomic mass is 35.5. The lowest BCUT2D eigenvalue weighted by Gasteiger charge is -2.36. The van der Waals surface area contributed by atoms with Gasteiger partial charge >= 0.3 is 0 Å². The molecule has 4 N–H and O–H groups in total. The van der Waals surface area contributed by atoms with Gasteiger partial charge in [-0.2, -0.15) is 0 Å². The molecule has 2 saturated carbocycles. The summed E-state index contributed by atoms with van der Waals surface area (Å²) in [5, 5.41) is 3.35. The van der Waals surface area contributed by atoms with Gasteiger partial charge in [-0.3, -0.25) is 4.79 Å². The van der Waals surface area contributed by atoms with E-state index in [0.29, 0.717) is 42.2 Å². The summed E-state index contributed by atoms with van der Waals surface area (Å²) in [7, 11) is -2.98. The van der Waals surface area contributed by atoms with Gasteiger partial charge in [0.05, 0.1) is 10.9 Å². The lowest BCUT2D eigenvalue weighted by atomic mass is 9.82. The maximum atomic E-state index is 12.7. The summed E-state index contributed by atoms with van der Waals surface area (Å²) in [6, 6.07) is 8.27. The molecule has 0 aliphatic heterocycles. The van der Waals surface area contributed by atoms with Gasteiger partial charge in [-0.15, -0.1) is 0 Å². The lowest BCUT2D eigenvalue weighted by Crippen LogP contribution is -2.57. The molecule has 3 aromatic rings. The number of nitrogens with two attached hydrogens (primary N) is 1. The summed E-state index contributed by atoms with van der Waals surface area (Å²) >= 11 is 6.02. The third-order valence-electron chi connectivity index (χ3n) is 6.05. The Morgan fingerprint density at radius 3 is 2.65 bits per heavy atom. The zero-order valence-corrected chi connectivity index (χ0v) is 18.3. The topological polar surface area (TPSA) is 135 Å².